The lowest BCUT2D eigenvalue weighted by Gasteiger charge is -2.35. The minimum atomic E-state index is -0.0506. The molecule has 2 aromatic heterocycles. The summed E-state index contributed by atoms with van der Waals surface area (Å²) in [5, 5.41) is 16.9. The highest BCUT2D eigenvalue weighted by molar-refractivity contribution is 5.59. The number of hydrogen-bond donors (Lipinski definition) is 1. The zero-order valence-corrected chi connectivity index (χ0v) is 17.0. The monoisotopic (exact) mass is 379 g/mol. The van der Waals surface area contributed by atoms with Gasteiger partial charge < -0.3 is 15.1 Å². The van der Waals surface area contributed by atoms with Gasteiger partial charge in [-0.1, -0.05) is 30.3 Å². The van der Waals surface area contributed by atoms with Crippen LogP contribution < -0.4 is 5.32 Å². The minimum absolute atomic E-state index is 0.0506. The molecule has 1 fully saturated rings. The number of nitrogens with zero attached hydrogens (tertiary/aromatic N) is 6. The fraction of sp³-hybridized carbons (Fsp3) is 0.476. The lowest BCUT2D eigenvalue weighted by Crippen LogP contribution is -2.46. The Morgan fingerprint density at radius 1 is 0.964 bits per heavy atom. The van der Waals surface area contributed by atoms with Crippen LogP contribution in [0.1, 0.15) is 20.3 Å². The maximum Gasteiger partial charge on any atom is 0.185 e. The van der Waals surface area contributed by atoms with Crippen molar-refractivity contribution in [2.75, 3.05) is 45.1 Å². The Morgan fingerprint density at radius 3 is 2.46 bits per heavy atom. The zero-order chi connectivity index (χ0) is 19.6. The number of rotatable bonds is 6. The molecular formula is C21H29N7. The Balaban J connectivity index is 1.46. The second kappa shape index (κ2) is 7.85. The molecule has 0 saturated carbocycles. The molecule has 0 aliphatic carbocycles. The SMILES string of the molecule is CN1CCN(CCC(C)(C)Nc2ccc3nnc(-c4ccccc4)n3n2)CC1. The number of anilines is 1. The van der Waals surface area contributed by atoms with Gasteiger partial charge in [-0.25, -0.2) is 0 Å². The van der Waals surface area contributed by atoms with Gasteiger partial charge in [-0.05, 0) is 39.4 Å². The summed E-state index contributed by atoms with van der Waals surface area (Å²) >= 11 is 0. The van der Waals surface area contributed by atoms with Crippen molar-refractivity contribution in [3.05, 3.63) is 42.5 Å². The van der Waals surface area contributed by atoms with Crippen molar-refractivity contribution >= 4 is 11.5 Å². The second-order valence-electron chi connectivity index (χ2n) is 8.28. The van der Waals surface area contributed by atoms with Gasteiger partial charge in [-0.15, -0.1) is 15.3 Å². The molecule has 1 aromatic carbocycles. The Kier molecular flexibility index (Phi) is 5.28. The molecule has 28 heavy (non-hydrogen) atoms. The predicted molar refractivity (Wildman–Crippen MR) is 112 cm³/mol. The van der Waals surface area contributed by atoms with Crippen molar-refractivity contribution < 1.29 is 0 Å². The summed E-state index contributed by atoms with van der Waals surface area (Å²) in [6, 6.07) is 14.0. The standard InChI is InChI=1S/C21H29N7/c1-21(2,11-12-27-15-13-26(3)14-16-27)22-18-9-10-19-23-24-20(28(19)25-18)17-7-5-4-6-8-17/h4-10H,11-16H2,1-3H3,(H,22,25). The van der Waals surface area contributed by atoms with Gasteiger partial charge in [-0.2, -0.15) is 4.52 Å². The molecule has 3 heterocycles. The van der Waals surface area contributed by atoms with E-state index in [-0.39, 0.29) is 5.54 Å². The van der Waals surface area contributed by atoms with Crippen molar-refractivity contribution in [1.29, 1.82) is 0 Å². The van der Waals surface area contributed by atoms with Gasteiger partial charge in [0.15, 0.2) is 11.5 Å². The number of likely N-dealkylation sites (N-methyl/N-ethyl adjacent to an activating group) is 1. The van der Waals surface area contributed by atoms with Crippen LogP contribution in [-0.4, -0.2) is 74.9 Å². The third-order valence-electron chi connectivity index (χ3n) is 5.41. The molecule has 0 atom stereocenters. The second-order valence-corrected chi connectivity index (χ2v) is 8.28. The smallest absolute Gasteiger partial charge is 0.185 e. The summed E-state index contributed by atoms with van der Waals surface area (Å²) < 4.78 is 1.81. The number of aromatic nitrogens is 4. The number of piperazine rings is 1. The van der Waals surface area contributed by atoms with Crippen LogP contribution in [0.5, 0.6) is 0 Å². The molecule has 148 valence electrons. The Morgan fingerprint density at radius 2 is 1.71 bits per heavy atom. The first-order valence-corrected chi connectivity index (χ1v) is 9.97. The molecule has 0 bridgehead atoms. The van der Waals surface area contributed by atoms with Gasteiger partial charge in [0.25, 0.3) is 0 Å². The first kappa shape index (κ1) is 18.8. The first-order chi connectivity index (χ1) is 13.5. The Hall–Kier alpha value is -2.51. The van der Waals surface area contributed by atoms with Gasteiger partial charge in [0.2, 0.25) is 0 Å². The van der Waals surface area contributed by atoms with Crippen LogP contribution >= 0.6 is 0 Å². The molecule has 0 unspecified atom stereocenters. The normalized spacial score (nSPS) is 16.5. The first-order valence-electron chi connectivity index (χ1n) is 9.97. The van der Waals surface area contributed by atoms with E-state index in [0.717, 1.165) is 62.0 Å². The van der Waals surface area contributed by atoms with Gasteiger partial charge in [0, 0.05) is 43.8 Å². The Labute approximate surface area is 166 Å². The van der Waals surface area contributed by atoms with Crippen LogP contribution in [0.4, 0.5) is 5.82 Å². The summed E-state index contributed by atoms with van der Waals surface area (Å²) in [6.45, 7) is 10.2. The molecule has 0 spiro atoms. The largest absolute Gasteiger partial charge is 0.364 e. The van der Waals surface area contributed by atoms with Crippen LogP contribution in [0.3, 0.4) is 0 Å². The number of benzene rings is 1. The lowest BCUT2D eigenvalue weighted by molar-refractivity contribution is 0.147. The van der Waals surface area contributed by atoms with E-state index < -0.39 is 0 Å². The topological polar surface area (TPSA) is 61.6 Å². The summed E-state index contributed by atoms with van der Waals surface area (Å²) in [6.07, 6.45) is 1.06. The van der Waals surface area contributed by atoms with Crippen molar-refractivity contribution in [3.8, 4) is 11.4 Å². The van der Waals surface area contributed by atoms with E-state index in [1.165, 1.54) is 0 Å². The van der Waals surface area contributed by atoms with E-state index in [2.05, 4.69) is 46.2 Å². The zero-order valence-electron chi connectivity index (χ0n) is 17.0. The van der Waals surface area contributed by atoms with Crippen molar-refractivity contribution in [2.45, 2.75) is 25.8 Å². The van der Waals surface area contributed by atoms with E-state index >= 15 is 0 Å². The van der Waals surface area contributed by atoms with Crippen LogP contribution in [0.25, 0.3) is 17.0 Å². The highest BCUT2D eigenvalue weighted by Crippen LogP contribution is 2.21. The molecule has 3 aromatic rings. The fourth-order valence-corrected chi connectivity index (χ4v) is 3.54. The molecule has 1 saturated heterocycles. The maximum atomic E-state index is 4.76. The average Bonchev–Trinajstić information content (AvgIpc) is 3.11. The number of nitrogens with one attached hydrogen (secondary N) is 1. The summed E-state index contributed by atoms with van der Waals surface area (Å²) in [4.78, 5) is 4.94. The van der Waals surface area contributed by atoms with E-state index in [1.807, 2.05) is 47.0 Å². The van der Waals surface area contributed by atoms with Crippen LogP contribution in [0.2, 0.25) is 0 Å². The summed E-state index contributed by atoms with van der Waals surface area (Å²) in [5.74, 6) is 1.60. The van der Waals surface area contributed by atoms with Crippen molar-refractivity contribution in [2.24, 2.45) is 0 Å². The van der Waals surface area contributed by atoms with Gasteiger partial charge in [0.05, 0.1) is 0 Å². The minimum Gasteiger partial charge on any atom is -0.364 e. The number of fused-ring (bicyclic) bond motifs is 1. The number of hydrogen-bond acceptors (Lipinski definition) is 6. The molecule has 0 radical (unpaired) electrons. The van der Waals surface area contributed by atoms with Crippen LogP contribution in [-0.2, 0) is 0 Å². The molecule has 7 heteroatoms. The van der Waals surface area contributed by atoms with E-state index in [1.54, 1.807) is 0 Å². The highest BCUT2D eigenvalue weighted by Gasteiger charge is 2.22. The lowest BCUT2D eigenvalue weighted by atomic mass is 10.00. The molecule has 0 amide bonds. The van der Waals surface area contributed by atoms with Crippen LogP contribution in [0.15, 0.2) is 42.5 Å². The van der Waals surface area contributed by atoms with Gasteiger partial charge >= 0.3 is 0 Å². The quantitative estimate of drug-likeness (QED) is 0.710. The van der Waals surface area contributed by atoms with Gasteiger partial charge in [-0.3, -0.25) is 0 Å². The third-order valence-corrected chi connectivity index (χ3v) is 5.41. The van der Waals surface area contributed by atoms with E-state index in [9.17, 15) is 0 Å². The molecular weight excluding hydrogens is 350 g/mol. The van der Waals surface area contributed by atoms with Gasteiger partial charge in [0.1, 0.15) is 5.82 Å². The van der Waals surface area contributed by atoms with Crippen LogP contribution in [0, 0.1) is 0 Å². The highest BCUT2D eigenvalue weighted by atomic mass is 15.4. The van der Waals surface area contributed by atoms with E-state index in [0.29, 0.717) is 0 Å². The molecule has 4 rings (SSSR count). The molecule has 7 nitrogen and oxygen atoms in total. The average molecular weight is 380 g/mol. The molecule has 1 aliphatic heterocycles. The summed E-state index contributed by atoms with van der Waals surface area (Å²) in [7, 11) is 2.19. The third kappa shape index (κ3) is 4.31. The molecule has 1 aliphatic rings. The van der Waals surface area contributed by atoms with Crippen molar-refractivity contribution in [1.82, 2.24) is 29.6 Å². The van der Waals surface area contributed by atoms with Crippen molar-refractivity contribution in [3.63, 3.8) is 0 Å². The Bertz CT molecular complexity index is 911. The predicted octanol–water partition coefficient (Wildman–Crippen LogP) is 2.62. The molecule has 1 N–H and O–H groups in total. The maximum absolute atomic E-state index is 4.76. The fourth-order valence-electron chi connectivity index (χ4n) is 3.54. The van der Waals surface area contributed by atoms with E-state index in [4.69, 9.17) is 5.10 Å². The summed E-state index contributed by atoms with van der Waals surface area (Å²) in [5.41, 5.74) is 1.71.